The lowest BCUT2D eigenvalue weighted by molar-refractivity contribution is 0.236. The van der Waals surface area contributed by atoms with E-state index in [2.05, 4.69) is 48.4 Å². The molecule has 0 saturated carbocycles. The van der Waals surface area contributed by atoms with Crippen molar-refractivity contribution in [3.63, 3.8) is 0 Å². The average Bonchev–Trinajstić information content (AvgIpc) is 2.47. The van der Waals surface area contributed by atoms with Crippen LogP contribution in [-0.4, -0.2) is 51.3 Å². The van der Waals surface area contributed by atoms with Gasteiger partial charge in [-0.3, -0.25) is 0 Å². The van der Waals surface area contributed by atoms with Crippen molar-refractivity contribution in [2.24, 2.45) is 0 Å². The number of ether oxygens (including phenoxy) is 1. The van der Waals surface area contributed by atoms with Crippen LogP contribution in [0.15, 0.2) is 24.3 Å². The monoisotopic (exact) mass is 321 g/mol. The molecular weight excluding hydrogens is 290 g/mol. The van der Waals surface area contributed by atoms with E-state index in [9.17, 15) is 4.79 Å². The molecule has 0 aromatic heterocycles. The van der Waals surface area contributed by atoms with Crippen molar-refractivity contribution >= 4 is 6.03 Å². The zero-order valence-corrected chi connectivity index (χ0v) is 15.1. The first-order chi connectivity index (χ1) is 10.8. The van der Waals surface area contributed by atoms with Crippen molar-refractivity contribution in [1.29, 1.82) is 0 Å². The van der Waals surface area contributed by atoms with Gasteiger partial charge in [0.25, 0.3) is 0 Å². The molecule has 0 unspecified atom stereocenters. The first-order valence-corrected chi connectivity index (χ1v) is 8.19. The van der Waals surface area contributed by atoms with Crippen LogP contribution in [0.3, 0.4) is 0 Å². The Balaban J connectivity index is 2.16. The molecule has 23 heavy (non-hydrogen) atoms. The average molecular weight is 321 g/mol. The van der Waals surface area contributed by atoms with Crippen LogP contribution in [0.5, 0.6) is 5.75 Å². The van der Waals surface area contributed by atoms with Gasteiger partial charge in [-0.05, 0) is 50.2 Å². The Morgan fingerprint density at radius 1 is 1.09 bits per heavy atom. The second-order valence-electron chi connectivity index (χ2n) is 6.96. The molecule has 5 nitrogen and oxygen atoms in total. The van der Waals surface area contributed by atoms with Crippen molar-refractivity contribution in [2.75, 3.05) is 40.3 Å². The van der Waals surface area contributed by atoms with Crippen LogP contribution in [0.25, 0.3) is 0 Å². The Labute approximate surface area is 140 Å². The standard InChI is InChI=1S/C18H31N3O2/c1-18(2,3)15-7-9-16(10-8-15)23-14-12-20-17(22)19-11-6-13-21(4)5/h7-10H,6,11-14H2,1-5H3,(H2,19,20,22). The Morgan fingerprint density at radius 2 is 1.70 bits per heavy atom. The van der Waals surface area contributed by atoms with Crippen molar-refractivity contribution in [3.8, 4) is 5.75 Å². The largest absolute Gasteiger partial charge is 0.492 e. The number of benzene rings is 1. The van der Waals surface area contributed by atoms with Gasteiger partial charge in [0.05, 0.1) is 6.54 Å². The minimum absolute atomic E-state index is 0.143. The molecule has 0 aliphatic carbocycles. The highest BCUT2D eigenvalue weighted by molar-refractivity contribution is 5.73. The molecule has 0 radical (unpaired) electrons. The summed E-state index contributed by atoms with van der Waals surface area (Å²) < 4.78 is 5.63. The summed E-state index contributed by atoms with van der Waals surface area (Å²) in [4.78, 5) is 13.7. The van der Waals surface area contributed by atoms with E-state index in [4.69, 9.17) is 4.74 Å². The fourth-order valence-electron chi connectivity index (χ4n) is 2.04. The van der Waals surface area contributed by atoms with Crippen LogP contribution < -0.4 is 15.4 Å². The van der Waals surface area contributed by atoms with Gasteiger partial charge in [-0.15, -0.1) is 0 Å². The zero-order chi connectivity index (χ0) is 17.3. The van der Waals surface area contributed by atoms with Crippen molar-refractivity contribution < 1.29 is 9.53 Å². The second-order valence-corrected chi connectivity index (χ2v) is 6.96. The number of amides is 2. The smallest absolute Gasteiger partial charge is 0.314 e. The quantitative estimate of drug-likeness (QED) is 0.724. The number of carbonyl (C=O) groups excluding carboxylic acids is 1. The van der Waals surface area contributed by atoms with Gasteiger partial charge in [-0.25, -0.2) is 4.79 Å². The van der Waals surface area contributed by atoms with Gasteiger partial charge >= 0.3 is 6.03 Å². The van der Waals surface area contributed by atoms with Crippen LogP contribution in [0.2, 0.25) is 0 Å². The molecule has 1 aromatic carbocycles. The maximum atomic E-state index is 11.6. The van der Waals surface area contributed by atoms with Crippen LogP contribution in [0, 0.1) is 0 Å². The summed E-state index contributed by atoms with van der Waals surface area (Å²) in [7, 11) is 4.04. The maximum Gasteiger partial charge on any atom is 0.314 e. The van der Waals surface area contributed by atoms with E-state index in [0.717, 1.165) is 18.7 Å². The molecule has 0 spiro atoms. The summed E-state index contributed by atoms with van der Waals surface area (Å²) in [5, 5.41) is 5.62. The molecule has 1 rings (SSSR count). The van der Waals surface area contributed by atoms with E-state index in [-0.39, 0.29) is 11.4 Å². The van der Waals surface area contributed by atoms with Crippen LogP contribution in [0.1, 0.15) is 32.8 Å². The van der Waals surface area contributed by atoms with E-state index in [1.165, 1.54) is 5.56 Å². The fraction of sp³-hybridized carbons (Fsp3) is 0.611. The summed E-state index contributed by atoms with van der Waals surface area (Å²) in [6.07, 6.45) is 0.942. The van der Waals surface area contributed by atoms with Crippen molar-refractivity contribution in [1.82, 2.24) is 15.5 Å². The third kappa shape index (κ3) is 8.45. The summed E-state index contributed by atoms with van der Waals surface area (Å²) in [6, 6.07) is 7.97. The Morgan fingerprint density at radius 3 is 2.26 bits per heavy atom. The van der Waals surface area contributed by atoms with Gasteiger partial charge in [-0.2, -0.15) is 0 Å². The predicted octanol–water partition coefficient (Wildman–Crippen LogP) is 2.61. The number of rotatable bonds is 8. The molecule has 2 N–H and O–H groups in total. The topological polar surface area (TPSA) is 53.6 Å². The molecule has 0 bridgehead atoms. The lowest BCUT2D eigenvalue weighted by Crippen LogP contribution is -2.38. The minimum Gasteiger partial charge on any atom is -0.492 e. The highest BCUT2D eigenvalue weighted by Gasteiger charge is 2.12. The summed E-state index contributed by atoms with van der Waals surface area (Å²) >= 11 is 0. The molecule has 2 amide bonds. The normalized spacial score (nSPS) is 11.4. The third-order valence-corrected chi connectivity index (χ3v) is 3.44. The van der Waals surface area contributed by atoms with Crippen LogP contribution >= 0.6 is 0 Å². The molecule has 130 valence electrons. The van der Waals surface area contributed by atoms with Crippen molar-refractivity contribution in [2.45, 2.75) is 32.6 Å². The van der Waals surface area contributed by atoms with Gasteiger partial charge in [0, 0.05) is 6.54 Å². The van der Waals surface area contributed by atoms with Crippen LogP contribution in [-0.2, 0) is 5.41 Å². The van der Waals surface area contributed by atoms with Gasteiger partial charge in [0.2, 0.25) is 0 Å². The lowest BCUT2D eigenvalue weighted by Gasteiger charge is -2.19. The summed E-state index contributed by atoms with van der Waals surface area (Å²) in [5.41, 5.74) is 1.42. The predicted molar refractivity (Wildman–Crippen MR) is 95.2 cm³/mol. The SMILES string of the molecule is CN(C)CCCNC(=O)NCCOc1ccc(C(C)(C)C)cc1. The summed E-state index contributed by atoms with van der Waals surface area (Å²) in [6.45, 7) is 9.14. The van der Waals surface area contributed by atoms with Gasteiger partial charge in [0.15, 0.2) is 0 Å². The molecule has 5 heteroatoms. The van der Waals surface area contributed by atoms with Gasteiger partial charge < -0.3 is 20.3 Å². The van der Waals surface area contributed by atoms with E-state index in [1.807, 2.05) is 26.2 Å². The second kappa shape index (κ2) is 9.40. The molecule has 0 saturated heterocycles. The van der Waals surface area contributed by atoms with E-state index in [0.29, 0.717) is 19.7 Å². The molecule has 0 aliphatic rings. The van der Waals surface area contributed by atoms with Crippen LogP contribution in [0.4, 0.5) is 4.79 Å². The van der Waals surface area contributed by atoms with Crippen molar-refractivity contribution in [3.05, 3.63) is 29.8 Å². The number of hydrogen-bond acceptors (Lipinski definition) is 3. The molecule has 0 fully saturated rings. The number of urea groups is 1. The molecule has 0 atom stereocenters. The van der Waals surface area contributed by atoms with Gasteiger partial charge in [-0.1, -0.05) is 32.9 Å². The minimum atomic E-state index is -0.143. The molecular formula is C18H31N3O2. The highest BCUT2D eigenvalue weighted by Crippen LogP contribution is 2.24. The Bertz CT molecular complexity index is 464. The highest BCUT2D eigenvalue weighted by atomic mass is 16.5. The molecule has 0 heterocycles. The molecule has 1 aromatic rings. The Hall–Kier alpha value is -1.75. The first-order valence-electron chi connectivity index (χ1n) is 8.19. The van der Waals surface area contributed by atoms with E-state index >= 15 is 0 Å². The fourth-order valence-corrected chi connectivity index (χ4v) is 2.04. The zero-order valence-electron chi connectivity index (χ0n) is 15.1. The molecule has 0 aliphatic heterocycles. The maximum absolute atomic E-state index is 11.6. The third-order valence-electron chi connectivity index (χ3n) is 3.44. The first kappa shape index (κ1) is 19.3. The number of carbonyl (C=O) groups is 1. The summed E-state index contributed by atoms with van der Waals surface area (Å²) in [5.74, 6) is 0.825. The number of nitrogens with one attached hydrogen (secondary N) is 2. The van der Waals surface area contributed by atoms with E-state index in [1.54, 1.807) is 0 Å². The van der Waals surface area contributed by atoms with Gasteiger partial charge in [0.1, 0.15) is 12.4 Å². The number of nitrogens with zero attached hydrogens (tertiary/aromatic N) is 1. The van der Waals surface area contributed by atoms with E-state index < -0.39 is 0 Å². The Kier molecular flexibility index (Phi) is 7.89. The lowest BCUT2D eigenvalue weighted by atomic mass is 9.87. The number of hydrogen-bond donors (Lipinski definition) is 2.